The molecule has 0 atom stereocenters. The minimum atomic E-state index is -0.314. The molecule has 0 spiro atoms. The third kappa shape index (κ3) is 6.11. The summed E-state index contributed by atoms with van der Waals surface area (Å²) in [6.45, 7) is 2.96. The number of carbonyl (C=O) groups is 1. The average molecular weight is 382 g/mol. The maximum atomic E-state index is 12.0. The smallest absolute Gasteiger partial charge is 0.263 e. The molecule has 0 aliphatic heterocycles. The molecule has 0 aliphatic carbocycles. The zero-order valence-corrected chi connectivity index (χ0v) is 15.8. The van der Waals surface area contributed by atoms with Gasteiger partial charge in [-0.3, -0.25) is 4.79 Å². The zero-order chi connectivity index (χ0) is 18.2. The second-order valence-electron chi connectivity index (χ2n) is 5.59. The van der Waals surface area contributed by atoms with E-state index in [2.05, 4.69) is 22.1 Å². The minimum absolute atomic E-state index is 0.165. The van der Waals surface area contributed by atoms with Crippen molar-refractivity contribution in [3.05, 3.63) is 46.6 Å². The van der Waals surface area contributed by atoms with Crippen LogP contribution in [0.5, 0.6) is 5.75 Å². The molecule has 0 radical (unpaired) electrons. The summed E-state index contributed by atoms with van der Waals surface area (Å²) < 4.78 is 5.39. The minimum Gasteiger partial charge on any atom is -0.482 e. The van der Waals surface area contributed by atoms with Crippen LogP contribution in [0.1, 0.15) is 19.8 Å². The molecule has 0 bridgehead atoms. The summed E-state index contributed by atoms with van der Waals surface area (Å²) in [5.74, 6) is 0.566. The normalized spacial score (nSPS) is 10.4. The average Bonchev–Trinajstić information content (AvgIpc) is 2.59. The highest BCUT2D eigenvalue weighted by atomic mass is 35.5. The van der Waals surface area contributed by atoms with Crippen LogP contribution in [-0.4, -0.2) is 31.1 Å². The van der Waals surface area contributed by atoms with Crippen molar-refractivity contribution in [3.8, 4) is 5.75 Å². The van der Waals surface area contributed by atoms with E-state index in [1.807, 2.05) is 13.1 Å². The highest BCUT2D eigenvalue weighted by Crippen LogP contribution is 2.27. The lowest BCUT2D eigenvalue weighted by Crippen LogP contribution is -2.21. The van der Waals surface area contributed by atoms with E-state index in [1.165, 1.54) is 0 Å². The Morgan fingerprint density at radius 2 is 2.08 bits per heavy atom. The van der Waals surface area contributed by atoms with Crippen molar-refractivity contribution in [2.75, 3.05) is 30.4 Å². The predicted molar refractivity (Wildman–Crippen MR) is 103 cm³/mol. The van der Waals surface area contributed by atoms with Gasteiger partial charge in [0.15, 0.2) is 6.61 Å². The van der Waals surface area contributed by atoms with Gasteiger partial charge in [0.05, 0.1) is 16.9 Å². The zero-order valence-electron chi connectivity index (χ0n) is 14.3. The molecular weight excluding hydrogens is 361 g/mol. The van der Waals surface area contributed by atoms with Crippen LogP contribution in [0.2, 0.25) is 10.0 Å². The summed E-state index contributed by atoms with van der Waals surface area (Å²) in [4.78, 5) is 18.4. The summed E-state index contributed by atoms with van der Waals surface area (Å²) in [5.41, 5.74) is 1.01. The lowest BCUT2D eigenvalue weighted by molar-refractivity contribution is -0.118. The molecular formula is C18H21Cl2N3O2. The Bertz CT molecular complexity index is 708. The number of nitrogens with one attached hydrogen (secondary N) is 1. The van der Waals surface area contributed by atoms with Crippen LogP contribution in [0, 0.1) is 0 Å². The van der Waals surface area contributed by atoms with Crippen molar-refractivity contribution in [1.29, 1.82) is 0 Å². The quantitative estimate of drug-likeness (QED) is 0.723. The Hall–Kier alpha value is -1.98. The van der Waals surface area contributed by atoms with Gasteiger partial charge in [-0.1, -0.05) is 36.5 Å². The molecule has 2 rings (SSSR count). The first-order chi connectivity index (χ1) is 12.0. The first kappa shape index (κ1) is 19.3. The van der Waals surface area contributed by atoms with Crippen molar-refractivity contribution < 1.29 is 9.53 Å². The fourth-order valence-corrected chi connectivity index (χ4v) is 2.59. The van der Waals surface area contributed by atoms with Gasteiger partial charge in [-0.25, -0.2) is 4.98 Å². The summed E-state index contributed by atoms with van der Waals surface area (Å²) in [6.07, 6.45) is 4.01. The fourth-order valence-electron chi connectivity index (χ4n) is 2.12. The molecule has 25 heavy (non-hydrogen) atoms. The van der Waals surface area contributed by atoms with Crippen LogP contribution in [0.3, 0.4) is 0 Å². The van der Waals surface area contributed by atoms with Gasteiger partial charge in [-0.15, -0.1) is 0 Å². The lowest BCUT2D eigenvalue weighted by atomic mass is 10.3. The van der Waals surface area contributed by atoms with Gasteiger partial charge in [-0.05, 0) is 36.8 Å². The van der Waals surface area contributed by atoms with Crippen molar-refractivity contribution in [2.24, 2.45) is 0 Å². The number of aromatic nitrogens is 1. The molecule has 134 valence electrons. The van der Waals surface area contributed by atoms with E-state index in [0.29, 0.717) is 21.6 Å². The molecule has 0 saturated heterocycles. The highest BCUT2D eigenvalue weighted by molar-refractivity contribution is 6.35. The summed E-state index contributed by atoms with van der Waals surface area (Å²) in [7, 11) is 2.02. The SMILES string of the molecule is CCCCN(C)c1ccc(NC(=O)COc2ccc(Cl)cc2Cl)nc1. The third-order valence-electron chi connectivity index (χ3n) is 3.56. The van der Waals surface area contributed by atoms with E-state index < -0.39 is 0 Å². The Balaban J connectivity index is 1.85. The predicted octanol–water partition coefficient (Wildman–Crippen LogP) is 4.64. The summed E-state index contributed by atoms with van der Waals surface area (Å²) >= 11 is 11.8. The van der Waals surface area contributed by atoms with Gasteiger partial charge in [0.2, 0.25) is 0 Å². The van der Waals surface area contributed by atoms with Crippen LogP contribution in [0.15, 0.2) is 36.5 Å². The molecule has 1 N–H and O–H groups in total. The van der Waals surface area contributed by atoms with Crippen molar-refractivity contribution >= 4 is 40.6 Å². The number of rotatable bonds is 8. The maximum absolute atomic E-state index is 12.0. The molecule has 0 unspecified atom stereocenters. The number of anilines is 2. The Kier molecular flexibility index (Phi) is 7.34. The Labute approximate surface area is 157 Å². The summed E-state index contributed by atoms with van der Waals surface area (Å²) in [5, 5.41) is 3.56. The largest absolute Gasteiger partial charge is 0.482 e. The molecule has 1 heterocycles. The lowest BCUT2D eigenvalue weighted by Gasteiger charge is -2.18. The van der Waals surface area contributed by atoms with Crippen molar-refractivity contribution in [1.82, 2.24) is 4.98 Å². The summed E-state index contributed by atoms with van der Waals surface area (Å²) in [6, 6.07) is 8.53. The number of unbranched alkanes of at least 4 members (excludes halogenated alkanes) is 1. The van der Waals surface area contributed by atoms with E-state index >= 15 is 0 Å². The molecule has 0 fully saturated rings. The molecule has 7 heteroatoms. The molecule has 2 aromatic rings. The number of pyridine rings is 1. The van der Waals surface area contributed by atoms with Crippen LogP contribution in [0.25, 0.3) is 0 Å². The van der Waals surface area contributed by atoms with Gasteiger partial charge in [-0.2, -0.15) is 0 Å². The van der Waals surface area contributed by atoms with Crippen molar-refractivity contribution in [2.45, 2.75) is 19.8 Å². The molecule has 0 aliphatic rings. The number of carbonyl (C=O) groups excluding carboxylic acids is 1. The van der Waals surface area contributed by atoms with E-state index in [9.17, 15) is 4.79 Å². The molecule has 0 saturated carbocycles. The van der Waals surface area contributed by atoms with Gasteiger partial charge in [0.25, 0.3) is 5.91 Å². The van der Waals surface area contributed by atoms with Crippen LogP contribution >= 0.6 is 23.2 Å². The number of hydrogen-bond donors (Lipinski definition) is 1. The van der Waals surface area contributed by atoms with Gasteiger partial charge >= 0.3 is 0 Å². The number of ether oxygens (including phenoxy) is 1. The van der Waals surface area contributed by atoms with Crippen molar-refractivity contribution in [3.63, 3.8) is 0 Å². The Morgan fingerprint density at radius 1 is 1.28 bits per heavy atom. The van der Waals surface area contributed by atoms with Gasteiger partial charge < -0.3 is 15.0 Å². The molecule has 1 aromatic carbocycles. The molecule has 1 aromatic heterocycles. The number of benzene rings is 1. The number of nitrogens with zero attached hydrogens (tertiary/aromatic N) is 2. The fraction of sp³-hybridized carbons (Fsp3) is 0.333. The maximum Gasteiger partial charge on any atom is 0.263 e. The van der Waals surface area contributed by atoms with E-state index in [4.69, 9.17) is 27.9 Å². The number of hydrogen-bond acceptors (Lipinski definition) is 4. The second-order valence-corrected chi connectivity index (χ2v) is 6.43. The van der Waals surface area contributed by atoms with Gasteiger partial charge in [0.1, 0.15) is 11.6 Å². The van der Waals surface area contributed by atoms with E-state index in [-0.39, 0.29) is 12.5 Å². The standard InChI is InChI=1S/C18H21Cl2N3O2/c1-3-4-9-23(2)14-6-8-17(21-11-14)22-18(24)12-25-16-7-5-13(19)10-15(16)20/h5-8,10-11H,3-4,9,12H2,1-2H3,(H,21,22,24). The molecule has 1 amide bonds. The van der Waals surface area contributed by atoms with Crippen LogP contribution in [-0.2, 0) is 4.79 Å². The van der Waals surface area contributed by atoms with E-state index in [0.717, 1.165) is 25.1 Å². The van der Waals surface area contributed by atoms with Gasteiger partial charge in [0, 0.05) is 18.6 Å². The van der Waals surface area contributed by atoms with Crippen LogP contribution in [0.4, 0.5) is 11.5 Å². The third-order valence-corrected chi connectivity index (χ3v) is 4.09. The Morgan fingerprint density at radius 3 is 2.72 bits per heavy atom. The first-order valence-corrected chi connectivity index (χ1v) is 8.80. The number of amides is 1. The molecule has 5 nitrogen and oxygen atoms in total. The number of halogens is 2. The highest BCUT2D eigenvalue weighted by Gasteiger charge is 2.08. The monoisotopic (exact) mass is 381 g/mol. The van der Waals surface area contributed by atoms with Crippen LogP contribution < -0.4 is 15.0 Å². The second kappa shape index (κ2) is 9.49. The first-order valence-electron chi connectivity index (χ1n) is 8.04. The topological polar surface area (TPSA) is 54.5 Å². The van der Waals surface area contributed by atoms with E-state index in [1.54, 1.807) is 30.5 Å².